The van der Waals surface area contributed by atoms with Gasteiger partial charge in [0.1, 0.15) is 5.69 Å². The van der Waals surface area contributed by atoms with Crippen molar-refractivity contribution in [2.75, 3.05) is 11.6 Å². The van der Waals surface area contributed by atoms with Crippen LogP contribution in [0.25, 0.3) is 0 Å². The first kappa shape index (κ1) is 14.2. The van der Waals surface area contributed by atoms with Gasteiger partial charge in [-0.3, -0.25) is 4.79 Å². The molecule has 0 fully saturated rings. The number of sulfone groups is 1. The maximum Gasteiger partial charge on any atom is 0.274 e. The van der Waals surface area contributed by atoms with E-state index >= 15 is 0 Å². The number of carbonyl (C=O) groups excluding carboxylic acids is 1. The van der Waals surface area contributed by atoms with Crippen LogP contribution in [0, 0.1) is 6.92 Å². The van der Waals surface area contributed by atoms with Crippen molar-refractivity contribution in [2.45, 2.75) is 11.8 Å². The lowest BCUT2D eigenvalue weighted by Crippen LogP contribution is -2.14. The molecule has 1 aromatic heterocycles. The number of hydrogen-bond acceptors (Lipinski definition) is 4. The van der Waals surface area contributed by atoms with E-state index in [1.807, 2.05) is 0 Å². The second kappa shape index (κ2) is 5.42. The lowest BCUT2D eigenvalue weighted by atomic mass is 10.2. The van der Waals surface area contributed by atoms with Crippen molar-refractivity contribution in [3.8, 4) is 0 Å². The van der Waals surface area contributed by atoms with Crippen LogP contribution in [0.3, 0.4) is 0 Å². The average Bonchev–Trinajstić information content (AvgIpc) is 2.38. The fourth-order valence-electron chi connectivity index (χ4n) is 1.67. The number of aryl methyl sites for hydroxylation is 1. The molecule has 2 rings (SSSR count). The first-order valence-corrected chi connectivity index (χ1v) is 7.80. The fraction of sp³-hybridized carbons (Fsp3) is 0.143. The molecule has 1 N–H and O–H groups in total. The topological polar surface area (TPSA) is 76.1 Å². The Kier molecular flexibility index (Phi) is 3.85. The molecule has 0 spiro atoms. The van der Waals surface area contributed by atoms with Gasteiger partial charge in [-0.2, -0.15) is 0 Å². The molecular formula is C14H14N2O3S. The zero-order chi connectivity index (χ0) is 14.8. The minimum absolute atomic E-state index is 0.160. The van der Waals surface area contributed by atoms with E-state index in [-0.39, 0.29) is 16.5 Å². The quantitative estimate of drug-likeness (QED) is 0.938. The molecule has 0 radical (unpaired) electrons. The van der Waals surface area contributed by atoms with Crippen LogP contribution in [0.15, 0.2) is 47.4 Å². The standard InChI is InChI=1S/C14H14N2O3S/c1-10-5-3-8-13(15-10)14(17)16-11-6-4-7-12(9-11)20(2,18)19/h3-9H,1-2H3,(H,16,17). The molecule has 1 heterocycles. The maximum atomic E-state index is 12.0. The summed E-state index contributed by atoms with van der Waals surface area (Å²) in [4.78, 5) is 16.3. The molecule has 1 amide bonds. The van der Waals surface area contributed by atoms with Gasteiger partial charge in [-0.15, -0.1) is 0 Å². The lowest BCUT2D eigenvalue weighted by molar-refractivity contribution is 0.102. The van der Waals surface area contributed by atoms with Gasteiger partial charge in [0.2, 0.25) is 0 Å². The predicted molar refractivity (Wildman–Crippen MR) is 76.5 cm³/mol. The summed E-state index contributed by atoms with van der Waals surface area (Å²) in [5.74, 6) is -0.376. The Labute approximate surface area is 117 Å². The fourth-order valence-corrected chi connectivity index (χ4v) is 2.34. The van der Waals surface area contributed by atoms with Crippen LogP contribution < -0.4 is 5.32 Å². The van der Waals surface area contributed by atoms with Crippen molar-refractivity contribution in [3.63, 3.8) is 0 Å². The van der Waals surface area contributed by atoms with Crippen LogP contribution in [0.5, 0.6) is 0 Å². The summed E-state index contributed by atoms with van der Waals surface area (Å²) in [6, 6.07) is 11.2. The van der Waals surface area contributed by atoms with E-state index in [2.05, 4.69) is 10.3 Å². The van der Waals surface area contributed by atoms with E-state index in [4.69, 9.17) is 0 Å². The van der Waals surface area contributed by atoms with Crippen LogP contribution in [0.2, 0.25) is 0 Å². The Hall–Kier alpha value is -2.21. The van der Waals surface area contributed by atoms with Crippen molar-refractivity contribution < 1.29 is 13.2 Å². The molecule has 0 unspecified atom stereocenters. The third-order valence-electron chi connectivity index (χ3n) is 2.64. The molecule has 20 heavy (non-hydrogen) atoms. The first-order valence-electron chi connectivity index (χ1n) is 5.91. The van der Waals surface area contributed by atoms with Crippen molar-refractivity contribution in [2.24, 2.45) is 0 Å². The predicted octanol–water partition coefficient (Wildman–Crippen LogP) is 2.05. The lowest BCUT2D eigenvalue weighted by Gasteiger charge is -2.06. The number of nitrogens with zero attached hydrogens (tertiary/aromatic N) is 1. The smallest absolute Gasteiger partial charge is 0.274 e. The molecule has 0 bridgehead atoms. The molecule has 0 saturated carbocycles. The molecule has 2 aromatic rings. The Morgan fingerprint density at radius 3 is 2.50 bits per heavy atom. The maximum absolute atomic E-state index is 12.0. The minimum Gasteiger partial charge on any atom is -0.321 e. The second-order valence-electron chi connectivity index (χ2n) is 4.42. The van der Waals surface area contributed by atoms with Gasteiger partial charge in [0.25, 0.3) is 5.91 Å². The summed E-state index contributed by atoms with van der Waals surface area (Å²) in [6.07, 6.45) is 1.12. The van der Waals surface area contributed by atoms with Crippen LogP contribution in [0.4, 0.5) is 5.69 Å². The number of pyridine rings is 1. The number of rotatable bonds is 3. The largest absolute Gasteiger partial charge is 0.321 e. The zero-order valence-corrected chi connectivity index (χ0v) is 11.9. The van der Waals surface area contributed by atoms with Gasteiger partial charge in [0.05, 0.1) is 4.90 Å². The number of hydrogen-bond donors (Lipinski definition) is 1. The van der Waals surface area contributed by atoms with E-state index in [0.717, 1.165) is 11.9 Å². The van der Waals surface area contributed by atoms with Gasteiger partial charge in [0, 0.05) is 17.6 Å². The molecular weight excluding hydrogens is 276 g/mol. The molecule has 0 aliphatic carbocycles. The number of carbonyl (C=O) groups is 1. The van der Waals surface area contributed by atoms with Crippen LogP contribution in [-0.2, 0) is 9.84 Å². The monoisotopic (exact) mass is 290 g/mol. The molecule has 5 nitrogen and oxygen atoms in total. The first-order chi connectivity index (χ1) is 9.36. The summed E-state index contributed by atoms with van der Waals surface area (Å²) in [6.45, 7) is 1.79. The van der Waals surface area contributed by atoms with E-state index in [1.165, 1.54) is 12.1 Å². The van der Waals surface area contributed by atoms with Crippen molar-refractivity contribution in [1.29, 1.82) is 0 Å². The highest BCUT2D eigenvalue weighted by Crippen LogP contribution is 2.16. The van der Waals surface area contributed by atoms with Gasteiger partial charge in [-0.1, -0.05) is 12.1 Å². The highest BCUT2D eigenvalue weighted by molar-refractivity contribution is 7.90. The summed E-state index contributed by atoms with van der Waals surface area (Å²) in [5.41, 5.74) is 1.44. The Balaban J connectivity index is 2.25. The summed E-state index contributed by atoms with van der Waals surface area (Å²) < 4.78 is 22.9. The number of nitrogens with one attached hydrogen (secondary N) is 1. The van der Waals surface area contributed by atoms with Crippen molar-refractivity contribution >= 4 is 21.4 Å². The van der Waals surface area contributed by atoms with E-state index in [1.54, 1.807) is 37.3 Å². The molecule has 0 saturated heterocycles. The van der Waals surface area contributed by atoms with Gasteiger partial charge in [0.15, 0.2) is 9.84 Å². The summed E-state index contributed by atoms with van der Waals surface area (Å²) in [7, 11) is -3.30. The Morgan fingerprint density at radius 2 is 1.85 bits per heavy atom. The SMILES string of the molecule is Cc1cccc(C(=O)Nc2cccc(S(C)(=O)=O)c2)n1. The van der Waals surface area contributed by atoms with Crippen molar-refractivity contribution in [1.82, 2.24) is 4.98 Å². The number of aromatic nitrogens is 1. The molecule has 1 aromatic carbocycles. The minimum atomic E-state index is -3.30. The number of benzene rings is 1. The highest BCUT2D eigenvalue weighted by Gasteiger charge is 2.11. The molecule has 104 valence electrons. The van der Waals surface area contributed by atoms with Crippen molar-refractivity contribution in [3.05, 3.63) is 53.9 Å². The normalized spacial score (nSPS) is 11.1. The zero-order valence-electron chi connectivity index (χ0n) is 11.1. The molecule has 0 atom stereocenters. The second-order valence-corrected chi connectivity index (χ2v) is 6.43. The molecule has 6 heteroatoms. The highest BCUT2D eigenvalue weighted by atomic mass is 32.2. The Bertz CT molecular complexity index is 755. The van der Waals surface area contributed by atoms with E-state index in [9.17, 15) is 13.2 Å². The van der Waals surface area contributed by atoms with Gasteiger partial charge < -0.3 is 5.32 Å². The van der Waals surface area contributed by atoms with Gasteiger partial charge >= 0.3 is 0 Å². The summed E-state index contributed by atoms with van der Waals surface area (Å²) in [5, 5.41) is 2.63. The van der Waals surface area contributed by atoms with E-state index < -0.39 is 9.84 Å². The molecule has 0 aliphatic heterocycles. The molecule has 0 aliphatic rings. The van der Waals surface area contributed by atoms with Crippen LogP contribution in [-0.4, -0.2) is 25.6 Å². The number of amides is 1. The van der Waals surface area contributed by atoms with Crippen LogP contribution in [0.1, 0.15) is 16.2 Å². The number of anilines is 1. The van der Waals surface area contributed by atoms with Gasteiger partial charge in [-0.25, -0.2) is 13.4 Å². The third kappa shape index (κ3) is 3.42. The Morgan fingerprint density at radius 1 is 1.15 bits per heavy atom. The average molecular weight is 290 g/mol. The third-order valence-corrected chi connectivity index (χ3v) is 3.75. The summed E-state index contributed by atoms with van der Waals surface area (Å²) >= 11 is 0. The van der Waals surface area contributed by atoms with E-state index in [0.29, 0.717) is 5.69 Å². The van der Waals surface area contributed by atoms with Gasteiger partial charge in [-0.05, 0) is 37.3 Å². The van der Waals surface area contributed by atoms with Crippen LogP contribution >= 0.6 is 0 Å².